The lowest BCUT2D eigenvalue weighted by Gasteiger charge is -2.06. The monoisotopic (exact) mass is 262 g/mol. The van der Waals surface area contributed by atoms with Crippen LogP contribution >= 0.6 is 11.8 Å². The van der Waals surface area contributed by atoms with E-state index in [2.05, 4.69) is 15.0 Å². The normalized spacial score (nSPS) is 12.4. The van der Waals surface area contributed by atoms with E-state index in [0.29, 0.717) is 10.9 Å². The van der Waals surface area contributed by atoms with Crippen molar-refractivity contribution in [2.24, 2.45) is 5.73 Å². The number of H-pyrrole nitrogens is 1. The first kappa shape index (κ1) is 12.8. The Kier molecular flexibility index (Phi) is 3.78. The lowest BCUT2D eigenvalue weighted by atomic mass is 10.1. The van der Waals surface area contributed by atoms with Gasteiger partial charge in [-0.2, -0.15) is 0 Å². The summed E-state index contributed by atoms with van der Waals surface area (Å²) < 4.78 is 0. The second-order valence-electron chi connectivity index (χ2n) is 4.01. The Morgan fingerprint density at radius 1 is 1.44 bits per heavy atom. The van der Waals surface area contributed by atoms with Gasteiger partial charge in [-0.25, -0.2) is 9.97 Å². The summed E-state index contributed by atoms with van der Waals surface area (Å²) in [5, 5.41) is 1.30. The predicted molar refractivity (Wildman–Crippen MR) is 70.6 cm³/mol. The Morgan fingerprint density at radius 2 is 2.22 bits per heavy atom. The van der Waals surface area contributed by atoms with E-state index in [0.717, 1.165) is 10.6 Å². The van der Waals surface area contributed by atoms with E-state index >= 15 is 0 Å². The van der Waals surface area contributed by atoms with Crippen molar-refractivity contribution in [3.05, 3.63) is 46.0 Å². The number of nitrogens with one attached hydrogen (secondary N) is 1. The quantitative estimate of drug-likeness (QED) is 0.821. The van der Waals surface area contributed by atoms with Gasteiger partial charge in [0.2, 0.25) is 0 Å². The van der Waals surface area contributed by atoms with Crippen molar-refractivity contribution in [3.63, 3.8) is 0 Å². The number of aromatic nitrogens is 3. The summed E-state index contributed by atoms with van der Waals surface area (Å²) in [6.45, 7) is 3.70. The minimum atomic E-state index is -0.159. The van der Waals surface area contributed by atoms with Gasteiger partial charge in [0.25, 0.3) is 5.56 Å². The zero-order valence-corrected chi connectivity index (χ0v) is 11.0. The van der Waals surface area contributed by atoms with Crippen molar-refractivity contribution in [3.8, 4) is 0 Å². The molecule has 94 valence electrons. The predicted octanol–water partition coefficient (Wildman–Crippen LogP) is 1.64. The summed E-state index contributed by atoms with van der Waals surface area (Å²) in [4.78, 5) is 22.5. The molecule has 2 rings (SSSR count). The molecule has 0 fully saturated rings. The topological polar surface area (TPSA) is 84.7 Å². The molecule has 3 N–H and O–H groups in total. The van der Waals surface area contributed by atoms with Gasteiger partial charge in [-0.1, -0.05) is 0 Å². The highest BCUT2D eigenvalue weighted by atomic mass is 32.2. The van der Waals surface area contributed by atoms with Gasteiger partial charge >= 0.3 is 0 Å². The van der Waals surface area contributed by atoms with E-state index < -0.39 is 0 Å². The second-order valence-corrected chi connectivity index (χ2v) is 5.02. The first-order valence-corrected chi connectivity index (χ1v) is 6.33. The van der Waals surface area contributed by atoms with Crippen molar-refractivity contribution in [2.45, 2.75) is 30.1 Å². The van der Waals surface area contributed by atoms with E-state index in [1.54, 1.807) is 13.1 Å². The molecule has 0 spiro atoms. The van der Waals surface area contributed by atoms with Crippen LogP contribution in [0, 0.1) is 6.92 Å². The average molecular weight is 262 g/mol. The molecule has 0 unspecified atom stereocenters. The van der Waals surface area contributed by atoms with Crippen LogP contribution in [0.2, 0.25) is 0 Å². The molecule has 18 heavy (non-hydrogen) atoms. The van der Waals surface area contributed by atoms with E-state index in [9.17, 15) is 4.79 Å². The third-order valence-electron chi connectivity index (χ3n) is 2.33. The van der Waals surface area contributed by atoms with Crippen LogP contribution in [0.5, 0.6) is 0 Å². The van der Waals surface area contributed by atoms with Gasteiger partial charge in [0, 0.05) is 24.0 Å². The maximum absolute atomic E-state index is 11.3. The van der Waals surface area contributed by atoms with Crippen LogP contribution in [-0.2, 0) is 0 Å². The molecule has 5 nitrogen and oxygen atoms in total. The molecule has 0 aliphatic heterocycles. The van der Waals surface area contributed by atoms with Crippen LogP contribution in [0.4, 0.5) is 0 Å². The van der Waals surface area contributed by atoms with Gasteiger partial charge < -0.3 is 10.7 Å². The van der Waals surface area contributed by atoms with E-state index in [1.165, 1.54) is 17.8 Å². The maximum Gasteiger partial charge on any atom is 0.251 e. The summed E-state index contributed by atoms with van der Waals surface area (Å²) in [5.74, 6) is 0. The lowest BCUT2D eigenvalue weighted by molar-refractivity contribution is 0.807. The fourth-order valence-corrected chi connectivity index (χ4v) is 2.31. The zero-order chi connectivity index (χ0) is 13.1. The number of hydrogen-bond donors (Lipinski definition) is 2. The second kappa shape index (κ2) is 5.32. The molecular weight excluding hydrogens is 248 g/mol. The molecule has 2 aromatic heterocycles. The first-order chi connectivity index (χ1) is 8.54. The van der Waals surface area contributed by atoms with Gasteiger partial charge in [-0.05, 0) is 43.3 Å². The van der Waals surface area contributed by atoms with E-state index in [1.807, 2.05) is 19.1 Å². The summed E-state index contributed by atoms with van der Waals surface area (Å²) in [5.41, 5.74) is 7.34. The van der Waals surface area contributed by atoms with Crippen LogP contribution in [0.3, 0.4) is 0 Å². The fraction of sp³-hybridized carbons (Fsp3) is 0.250. The minimum Gasteiger partial charge on any atom is -0.324 e. The Bertz CT molecular complexity index is 609. The van der Waals surface area contributed by atoms with Crippen LogP contribution in [-0.4, -0.2) is 15.0 Å². The smallest absolute Gasteiger partial charge is 0.251 e. The minimum absolute atomic E-state index is 0.0446. The number of nitrogens with zero attached hydrogens (tertiary/aromatic N) is 2. The molecule has 6 heteroatoms. The molecule has 0 saturated heterocycles. The summed E-state index contributed by atoms with van der Waals surface area (Å²) in [6.07, 6.45) is 1.70. The number of aryl methyl sites for hydroxylation is 1. The zero-order valence-electron chi connectivity index (χ0n) is 10.2. The van der Waals surface area contributed by atoms with Gasteiger partial charge in [0.15, 0.2) is 5.16 Å². The molecule has 0 radical (unpaired) electrons. The van der Waals surface area contributed by atoms with E-state index in [4.69, 9.17) is 5.73 Å². The van der Waals surface area contributed by atoms with Gasteiger partial charge in [0.1, 0.15) is 5.03 Å². The highest BCUT2D eigenvalue weighted by molar-refractivity contribution is 7.99. The number of rotatable bonds is 3. The molecule has 2 aromatic rings. The van der Waals surface area contributed by atoms with Gasteiger partial charge in [-0.15, -0.1) is 0 Å². The van der Waals surface area contributed by atoms with Crippen LogP contribution < -0.4 is 11.3 Å². The summed E-state index contributed by atoms with van der Waals surface area (Å²) in [6, 6.07) is 5.19. The Morgan fingerprint density at radius 3 is 2.89 bits per heavy atom. The Labute approximate surface area is 109 Å². The van der Waals surface area contributed by atoms with Crippen molar-refractivity contribution in [1.29, 1.82) is 0 Å². The summed E-state index contributed by atoms with van der Waals surface area (Å²) in [7, 11) is 0. The van der Waals surface area contributed by atoms with Crippen molar-refractivity contribution < 1.29 is 0 Å². The van der Waals surface area contributed by atoms with Crippen molar-refractivity contribution in [2.75, 3.05) is 0 Å². The fourth-order valence-electron chi connectivity index (χ4n) is 1.46. The maximum atomic E-state index is 11.3. The molecule has 0 bridgehead atoms. The molecule has 0 aliphatic carbocycles. The lowest BCUT2D eigenvalue weighted by Crippen LogP contribution is -2.08. The third-order valence-corrected chi connectivity index (χ3v) is 3.15. The first-order valence-electron chi connectivity index (χ1n) is 5.52. The highest BCUT2D eigenvalue weighted by Gasteiger charge is 2.05. The standard InChI is InChI=1S/C12H14N4OS/c1-7-5-10(17)16-12(15-7)18-11-6-9(8(2)13)3-4-14-11/h3-6,8H,13H2,1-2H3,(H,15,16,17)/t8-/m0/s1. The van der Waals surface area contributed by atoms with Crippen molar-refractivity contribution >= 4 is 11.8 Å². The molecule has 0 aromatic carbocycles. The number of hydrogen-bond acceptors (Lipinski definition) is 5. The van der Waals surface area contributed by atoms with Crippen molar-refractivity contribution in [1.82, 2.24) is 15.0 Å². The van der Waals surface area contributed by atoms with Crippen LogP contribution in [0.15, 0.2) is 39.4 Å². The number of pyridine rings is 1. The van der Waals surface area contributed by atoms with E-state index in [-0.39, 0.29) is 11.6 Å². The highest BCUT2D eigenvalue weighted by Crippen LogP contribution is 2.23. The van der Waals surface area contributed by atoms with Crippen LogP contribution in [0.25, 0.3) is 0 Å². The Hall–Kier alpha value is -1.66. The van der Waals surface area contributed by atoms with Gasteiger partial charge in [-0.3, -0.25) is 4.79 Å². The molecule has 1 atom stereocenters. The molecule has 0 amide bonds. The largest absolute Gasteiger partial charge is 0.324 e. The third kappa shape index (κ3) is 3.18. The Balaban J connectivity index is 2.28. The number of nitrogens with two attached hydrogens (primary N) is 1. The summed E-state index contributed by atoms with van der Waals surface area (Å²) >= 11 is 1.31. The molecule has 0 saturated carbocycles. The molecule has 2 heterocycles. The van der Waals surface area contributed by atoms with Crippen LogP contribution in [0.1, 0.15) is 24.2 Å². The molecular formula is C12H14N4OS. The van der Waals surface area contributed by atoms with Gasteiger partial charge in [0.05, 0.1) is 0 Å². The SMILES string of the molecule is Cc1cc(=O)[nH]c(Sc2cc([C@H](C)N)ccn2)n1. The average Bonchev–Trinajstić information content (AvgIpc) is 2.27. The number of aromatic amines is 1. The molecule has 0 aliphatic rings.